The summed E-state index contributed by atoms with van der Waals surface area (Å²) in [5.41, 5.74) is 6.96. The molecule has 20 heavy (non-hydrogen) atoms. The Morgan fingerprint density at radius 1 is 1.25 bits per heavy atom. The van der Waals surface area contributed by atoms with Crippen molar-refractivity contribution < 1.29 is 4.74 Å². The lowest BCUT2D eigenvalue weighted by atomic mass is 9.95. The van der Waals surface area contributed by atoms with E-state index >= 15 is 0 Å². The second kappa shape index (κ2) is 7.01. The summed E-state index contributed by atoms with van der Waals surface area (Å²) in [5.74, 6) is 0.614. The van der Waals surface area contributed by atoms with E-state index in [1.807, 2.05) is 7.11 Å². The molecule has 1 saturated carbocycles. The average Bonchev–Trinajstić information content (AvgIpc) is 2.68. The molecule has 3 nitrogen and oxygen atoms in total. The molecule has 2 rings (SSSR count). The summed E-state index contributed by atoms with van der Waals surface area (Å²) in [4.78, 5) is 6.19. The quantitative estimate of drug-likeness (QED) is 0.836. The van der Waals surface area contributed by atoms with Crippen molar-refractivity contribution in [3.8, 4) is 0 Å². The van der Waals surface area contributed by atoms with Gasteiger partial charge in [-0.3, -0.25) is 0 Å². The van der Waals surface area contributed by atoms with Crippen molar-refractivity contribution in [3.63, 3.8) is 0 Å². The second-order valence-corrected chi connectivity index (χ2v) is 7.39. The van der Waals surface area contributed by atoms with E-state index in [0.29, 0.717) is 12.5 Å². The van der Waals surface area contributed by atoms with Crippen molar-refractivity contribution >= 4 is 11.3 Å². The molecule has 0 spiro atoms. The van der Waals surface area contributed by atoms with Crippen LogP contribution in [0.3, 0.4) is 0 Å². The van der Waals surface area contributed by atoms with Crippen LogP contribution >= 0.6 is 11.3 Å². The summed E-state index contributed by atoms with van der Waals surface area (Å²) in [7, 11) is 1.84. The smallest absolute Gasteiger partial charge is 0.125 e. The number of rotatable bonds is 5. The highest BCUT2D eigenvalue weighted by Crippen LogP contribution is 2.41. The molecule has 4 heteroatoms. The van der Waals surface area contributed by atoms with Gasteiger partial charge in [-0.05, 0) is 25.2 Å². The van der Waals surface area contributed by atoms with Crippen LogP contribution in [0, 0.1) is 5.92 Å². The molecule has 0 aliphatic heterocycles. The first-order chi connectivity index (χ1) is 9.61. The summed E-state index contributed by atoms with van der Waals surface area (Å²) in [6.45, 7) is 5.06. The Kier molecular flexibility index (Phi) is 5.58. The molecule has 1 aliphatic rings. The number of aromatic nitrogens is 1. The standard InChI is InChI=1S/C16H28N2OS/c1-12(2)10-13-14(11-17)20-15(18-13)16(19-3)8-6-4-5-7-9-16/h12H,4-11,17H2,1-3H3. The molecule has 2 N–H and O–H groups in total. The Morgan fingerprint density at radius 3 is 2.40 bits per heavy atom. The normalized spacial score (nSPS) is 19.2. The maximum Gasteiger partial charge on any atom is 0.125 e. The van der Waals surface area contributed by atoms with Crippen molar-refractivity contribution in [2.45, 2.75) is 70.9 Å². The van der Waals surface area contributed by atoms with Crippen molar-refractivity contribution in [3.05, 3.63) is 15.6 Å². The van der Waals surface area contributed by atoms with Crippen LogP contribution in [0.4, 0.5) is 0 Å². The van der Waals surface area contributed by atoms with Gasteiger partial charge in [0, 0.05) is 18.5 Å². The zero-order valence-corrected chi connectivity index (χ0v) is 13.9. The molecule has 0 bridgehead atoms. The van der Waals surface area contributed by atoms with Gasteiger partial charge < -0.3 is 10.5 Å². The van der Waals surface area contributed by atoms with Crippen molar-refractivity contribution in [2.24, 2.45) is 11.7 Å². The Balaban J connectivity index is 2.31. The van der Waals surface area contributed by atoms with E-state index in [-0.39, 0.29) is 5.60 Å². The van der Waals surface area contributed by atoms with E-state index in [4.69, 9.17) is 15.5 Å². The highest BCUT2D eigenvalue weighted by molar-refractivity contribution is 7.11. The SMILES string of the molecule is COC1(c2nc(CC(C)C)c(CN)s2)CCCCCC1. The third kappa shape index (κ3) is 3.41. The summed E-state index contributed by atoms with van der Waals surface area (Å²) in [5, 5.41) is 1.16. The van der Waals surface area contributed by atoms with Crippen LogP contribution in [0.1, 0.15) is 68.0 Å². The predicted octanol–water partition coefficient (Wildman–Crippen LogP) is 4.00. The van der Waals surface area contributed by atoms with Crippen LogP contribution in [0.2, 0.25) is 0 Å². The Hall–Kier alpha value is -0.450. The van der Waals surface area contributed by atoms with E-state index in [0.717, 1.165) is 24.3 Å². The molecule has 0 amide bonds. The lowest BCUT2D eigenvalue weighted by Crippen LogP contribution is -2.27. The fourth-order valence-electron chi connectivity index (χ4n) is 3.09. The van der Waals surface area contributed by atoms with E-state index in [1.54, 1.807) is 11.3 Å². The summed E-state index contributed by atoms with van der Waals surface area (Å²) >= 11 is 1.78. The molecule has 0 radical (unpaired) electrons. The molecule has 1 aromatic rings. The van der Waals surface area contributed by atoms with Crippen LogP contribution < -0.4 is 5.73 Å². The van der Waals surface area contributed by atoms with E-state index in [1.165, 1.54) is 36.3 Å². The first kappa shape index (κ1) is 15.9. The predicted molar refractivity (Wildman–Crippen MR) is 84.9 cm³/mol. The van der Waals surface area contributed by atoms with Gasteiger partial charge in [-0.1, -0.05) is 39.5 Å². The monoisotopic (exact) mass is 296 g/mol. The fraction of sp³-hybridized carbons (Fsp3) is 0.812. The third-order valence-electron chi connectivity index (χ3n) is 4.26. The zero-order chi connectivity index (χ0) is 14.6. The molecule has 114 valence electrons. The number of hydrogen-bond acceptors (Lipinski definition) is 4. The minimum Gasteiger partial charge on any atom is -0.371 e. The van der Waals surface area contributed by atoms with Crippen molar-refractivity contribution in [1.29, 1.82) is 0 Å². The van der Waals surface area contributed by atoms with Gasteiger partial charge in [0.05, 0.1) is 5.69 Å². The van der Waals surface area contributed by atoms with E-state index < -0.39 is 0 Å². The van der Waals surface area contributed by atoms with E-state index in [9.17, 15) is 0 Å². The molecule has 1 heterocycles. The van der Waals surface area contributed by atoms with Gasteiger partial charge in [-0.25, -0.2) is 4.98 Å². The summed E-state index contributed by atoms with van der Waals surface area (Å²) in [6, 6.07) is 0. The largest absolute Gasteiger partial charge is 0.371 e. The number of nitrogens with two attached hydrogens (primary N) is 1. The molecule has 0 saturated heterocycles. The van der Waals surface area contributed by atoms with Crippen LogP contribution in [0.5, 0.6) is 0 Å². The van der Waals surface area contributed by atoms with Crippen LogP contribution in [-0.4, -0.2) is 12.1 Å². The highest BCUT2D eigenvalue weighted by Gasteiger charge is 2.36. The summed E-state index contributed by atoms with van der Waals surface area (Å²) < 4.78 is 5.97. The fourth-order valence-corrected chi connectivity index (χ4v) is 4.28. The van der Waals surface area contributed by atoms with Gasteiger partial charge >= 0.3 is 0 Å². The number of nitrogens with zero attached hydrogens (tertiary/aromatic N) is 1. The number of methoxy groups -OCH3 is 1. The van der Waals surface area contributed by atoms with Gasteiger partial charge in [0.2, 0.25) is 0 Å². The Morgan fingerprint density at radius 2 is 1.90 bits per heavy atom. The van der Waals surface area contributed by atoms with Gasteiger partial charge in [0.25, 0.3) is 0 Å². The minimum atomic E-state index is -0.152. The zero-order valence-electron chi connectivity index (χ0n) is 13.1. The van der Waals surface area contributed by atoms with Gasteiger partial charge in [0.15, 0.2) is 0 Å². The van der Waals surface area contributed by atoms with Crippen LogP contribution in [0.15, 0.2) is 0 Å². The molecule has 1 aliphatic carbocycles. The molecule has 0 atom stereocenters. The van der Waals surface area contributed by atoms with Crippen LogP contribution in [-0.2, 0) is 23.3 Å². The molecule has 1 fully saturated rings. The van der Waals surface area contributed by atoms with Crippen LogP contribution in [0.25, 0.3) is 0 Å². The number of ether oxygens (including phenoxy) is 1. The second-order valence-electron chi connectivity index (χ2n) is 6.30. The highest BCUT2D eigenvalue weighted by atomic mass is 32.1. The van der Waals surface area contributed by atoms with Gasteiger partial charge in [0.1, 0.15) is 10.6 Å². The van der Waals surface area contributed by atoms with Crippen molar-refractivity contribution in [1.82, 2.24) is 4.98 Å². The van der Waals surface area contributed by atoms with Gasteiger partial charge in [-0.2, -0.15) is 0 Å². The molecule has 0 unspecified atom stereocenters. The average molecular weight is 296 g/mol. The topological polar surface area (TPSA) is 48.1 Å². The first-order valence-electron chi connectivity index (χ1n) is 7.85. The minimum absolute atomic E-state index is 0.152. The molecule has 0 aromatic carbocycles. The lowest BCUT2D eigenvalue weighted by molar-refractivity contribution is -0.0280. The van der Waals surface area contributed by atoms with Gasteiger partial charge in [-0.15, -0.1) is 11.3 Å². The maximum absolute atomic E-state index is 5.97. The number of hydrogen-bond donors (Lipinski definition) is 1. The Bertz CT molecular complexity index is 420. The third-order valence-corrected chi connectivity index (χ3v) is 5.56. The van der Waals surface area contributed by atoms with Crippen molar-refractivity contribution in [2.75, 3.05) is 7.11 Å². The first-order valence-corrected chi connectivity index (χ1v) is 8.67. The number of thiazole rings is 1. The van der Waals surface area contributed by atoms with E-state index in [2.05, 4.69) is 13.8 Å². The molecule has 1 aromatic heterocycles. The molecular weight excluding hydrogens is 268 g/mol. The molecular formula is C16H28N2OS. The Labute approximate surface area is 126 Å². The summed E-state index contributed by atoms with van der Waals surface area (Å²) in [6.07, 6.45) is 8.33. The maximum atomic E-state index is 5.97. The lowest BCUT2D eigenvalue weighted by Gasteiger charge is -2.29.